The highest BCUT2D eigenvalue weighted by molar-refractivity contribution is 5.96. The van der Waals surface area contributed by atoms with E-state index in [1.807, 2.05) is 0 Å². The van der Waals surface area contributed by atoms with Gasteiger partial charge >= 0.3 is 11.9 Å². The number of aryl methyl sites for hydroxylation is 1. The molecule has 1 aromatic carbocycles. The van der Waals surface area contributed by atoms with Crippen molar-refractivity contribution >= 4 is 17.8 Å². The molecule has 10 nitrogen and oxygen atoms in total. The first kappa shape index (κ1) is 25.0. The van der Waals surface area contributed by atoms with Crippen LogP contribution >= 0.6 is 0 Å². The fraction of sp³-hybridized carbons (Fsp3) is 0.550. The third kappa shape index (κ3) is 9.46. The first-order valence-corrected chi connectivity index (χ1v) is 9.78. The molecule has 0 aliphatic rings. The van der Waals surface area contributed by atoms with Crippen molar-refractivity contribution in [1.29, 1.82) is 0 Å². The van der Waals surface area contributed by atoms with Gasteiger partial charge in [0.25, 0.3) is 5.91 Å². The second kappa shape index (κ2) is 13.3. The van der Waals surface area contributed by atoms with Crippen LogP contribution in [0.2, 0.25) is 0 Å². The molecule has 1 aromatic rings. The molecule has 2 atom stereocenters. The number of esters is 2. The predicted octanol–water partition coefficient (Wildman–Crippen LogP) is 1.26. The van der Waals surface area contributed by atoms with Gasteiger partial charge in [0, 0.05) is 16.9 Å². The van der Waals surface area contributed by atoms with Gasteiger partial charge in [0.05, 0.1) is 13.2 Å². The first-order valence-electron chi connectivity index (χ1n) is 9.78. The quantitative estimate of drug-likeness (QED) is 0.273. The minimum Gasteiger partial charge on any atom is -0.466 e. The Morgan fingerprint density at radius 3 is 2.30 bits per heavy atom. The third-order valence-electron chi connectivity index (χ3n) is 4.16. The van der Waals surface area contributed by atoms with Gasteiger partial charge < -0.3 is 19.9 Å². The number of nitrogens with one attached hydrogen (secondary N) is 1. The number of aliphatic hydroxyl groups excluding tert-OH is 1. The van der Waals surface area contributed by atoms with Gasteiger partial charge in [-0.2, -0.15) is 0 Å². The number of carbonyl (C=O) groups is 3. The molecule has 0 radical (unpaired) electrons. The molecule has 1 rings (SSSR count). The summed E-state index contributed by atoms with van der Waals surface area (Å²) in [5.74, 6) is -1.60. The van der Waals surface area contributed by atoms with Crippen molar-refractivity contribution in [3.05, 3.63) is 45.5 Å². The number of ether oxygens (including phenoxy) is 2. The molecule has 2 N–H and O–H groups in total. The van der Waals surface area contributed by atoms with Crippen molar-refractivity contribution in [3.63, 3.8) is 0 Å². The Labute approximate surface area is 174 Å². The lowest BCUT2D eigenvalue weighted by atomic mass is 10.0. The number of nitro groups is 1. The highest BCUT2D eigenvalue weighted by Crippen LogP contribution is 2.10. The highest BCUT2D eigenvalue weighted by atomic mass is 16.6. The summed E-state index contributed by atoms with van der Waals surface area (Å²) in [6.45, 7) is 3.17. The topological polar surface area (TPSA) is 145 Å². The van der Waals surface area contributed by atoms with E-state index in [4.69, 9.17) is 9.47 Å². The van der Waals surface area contributed by atoms with Crippen LogP contribution in [-0.2, 0) is 25.5 Å². The van der Waals surface area contributed by atoms with Crippen molar-refractivity contribution in [2.24, 2.45) is 0 Å². The van der Waals surface area contributed by atoms with E-state index in [-0.39, 0.29) is 32.5 Å². The Hall–Kier alpha value is -3.01. The molecule has 0 bridgehead atoms. The number of carbonyl (C=O) groups excluding carboxylic acids is 3. The molecule has 1 amide bonds. The van der Waals surface area contributed by atoms with E-state index in [9.17, 15) is 29.6 Å². The van der Waals surface area contributed by atoms with Gasteiger partial charge in [0.2, 0.25) is 6.54 Å². The maximum absolute atomic E-state index is 12.5. The smallest absolute Gasteiger partial charge is 0.328 e. The molecule has 0 aliphatic carbocycles. The van der Waals surface area contributed by atoms with Gasteiger partial charge in [0.1, 0.15) is 12.1 Å². The fourth-order valence-electron chi connectivity index (χ4n) is 2.65. The first-order chi connectivity index (χ1) is 14.3. The van der Waals surface area contributed by atoms with Crippen molar-refractivity contribution in [2.75, 3.05) is 19.8 Å². The van der Waals surface area contributed by atoms with Gasteiger partial charge in [-0.3, -0.25) is 19.7 Å². The Morgan fingerprint density at radius 1 is 1.10 bits per heavy atom. The largest absolute Gasteiger partial charge is 0.466 e. The van der Waals surface area contributed by atoms with Gasteiger partial charge in [-0.1, -0.05) is 12.1 Å². The minimum absolute atomic E-state index is 0.0387. The summed E-state index contributed by atoms with van der Waals surface area (Å²) < 4.78 is 9.79. The summed E-state index contributed by atoms with van der Waals surface area (Å²) in [4.78, 5) is 45.9. The maximum Gasteiger partial charge on any atom is 0.328 e. The molecule has 0 aliphatic heterocycles. The van der Waals surface area contributed by atoms with E-state index in [2.05, 4.69) is 5.32 Å². The van der Waals surface area contributed by atoms with Crippen LogP contribution in [0, 0.1) is 10.1 Å². The van der Waals surface area contributed by atoms with Crippen molar-refractivity contribution < 1.29 is 33.9 Å². The van der Waals surface area contributed by atoms with Crippen LogP contribution in [0.5, 0.6) is 0 Å². The van der Waals surface area contributed by atoms with Crippen LogP contribution in [-0.4, -0.2) is 59.8 Å². The normalized spacial score (nSPS) is 12.5. The summed E-state index contributed by atoms with van der Waals surface area (Å²) in [6, 6.07) is 5.46. The predicted molar refractivity (Wildman–Crippen MR) is 106 cm³/mol. The summed E-state index contributed by atoms with van der Waals surface area (Å²) in [5.41, 5.74) is 1.10. The molecule has 1 unspecified atom stereocenters. The lowest BCUT2D eigenvalue weighted by Crippen LogP contribution is -2.42. The number of amides is 1. The average molecular weight is 424 g/mol. The van der Waals surface area contributed by atoms with E-state index in [0.717, 1.165) is 5.56 Å². The van der Waals surface area contributed by atoms with Crippen LogP contribution in [0.1, 0.15) is 49.0 Å². The number of benzene rings is 1. The summed E-state index contributed by atoms with van der Waals surface area (Å²) in [7, 11) is 0. The molecule has 0 aromatic heterocycles. The van der Waals surface area contributed by atoms with E-state index < -0.39 is 41.5 Å². The van der Waals surface area contributed by atoms with Crippen molar-refractivity contribution in [1.82, 2.24) is 5.32 Å². The summed E-state index contributed by atoms with van der Waals surface area (Å²) in [5, 5.41) is 22.5. The van der Waals surface area contributed by atoms with Crippen LogP contribution in [0.3, 0.4) is 0 Å². The number of nitrogens with zero attached hydrogens (tertiary/aromatic N) is 1. The molecule has 10 heteroatoms. The standard InChI is InChI=1S/C20H28N2O8/c1-3-29-18(24)12-11-17(20(26)30-4-2)21-19(25)15-8-5-14(6-9-15)7-10-16(23)13-22(27)28/h5-6,8-9,16-17,23H,3-4,7,10-13H2,1-2H3,(H,21,25)/t16?,17-/m0/s1. The van der Waals surface area contributed by atoms with Gasteiger partial charge in [-0.05, 0) is 50.8 Å². The van der Waals surface area contributed by atoms with Crippen LogP contribution < -0.4 is 5.32 Å². The molecule has 166 valence electrons. The molecule has 0 spiro atoms. The summed E-state index contributed by atoms with van der Waals surface area (Å²) in [6.07, 6.45) is -0.376. The second-order valence-corrected chi connectivity index (χ2v) is 6.53. The zero-order valence-electron chi connectivity index (χ0n) is 17.2. The number of hydrogen-bond acceptors (Lipinski definition) is 8. The van der Waals surface area contributed by atoms with E-state index >= 15 is 0 Å². The number of aliphatic hydroxyl groups is 1. The summed E-state index contributed by atoms with van der Waals surface area (Å²) >= 11 is 0. The van der Waals surface area contributed by atoms with Crippen LogP contribution in [0.25, 0.3) is 0 Å². The molecular weight excluding hydrogens is 396 g/mol. The number of rotatable bonds is 13. The molecule has 0 saturated carbocycles. The highest BCUT2D eigenvalue weighted by Gasteiger charge is 2.24. The van der Waals surface area contributed by atoms with E-state index in [1.165, 1.54) is 0 Å². The Balaban J connectivity index is 2.68. The number of hydrogen-bond donors (Lipinski definition) is 2. The Kier molecular flexibility index (Phi) is 11.1. The molecular formula is C20H28N2O8. The van der Waals surface area contributed by atoms with Crippen molar-refractivity contribution in [3.8, 4) is 0 Å². The Bertz CT molecular complexity index is 720. The van der Waals surface area contributed by atoms with Crippen LogP contribution in [0.15, 0.2) is 24.3 Å². The van der Waals surface area contributed by atoms with Gasteiger partial charge in [0.15, 0.2) is 0 Å². The molecule has 0 saturated heterocycles. The lowest BCUT2D eigenvalue weighted by molar-refractivity contribution is -0.490. The average Bonchev–Trinajstić information content (AvgIpc) is 2.69. The molecule has 0 heterocycles. The SMILES string of the molecule is CCOC(=O)CC[C@H](NC(=O)c1ccc(CCC(O)C[N+](=O)[O-])cc1)C(=O)OCC. The molecule has 0 fully saturated rings. The second-order valence-electron chi connectivity index (χ2n) is 6.53. The van der Waals surface area contributed by atoms with E-state index in [1.54, 1.807) is 38.1 Å². The van der Waals surface area contributed by atoms with Crippen molar-refractivity contribution in [2.45, 2.75) is 51.7 Å². The minimum atomic E-state index is -1.03. The zero-order valence-corrected chi connectivity index (χ0v) is 17.2. The molecule has 30 heavy (non-hydrogen) atoms. The third-order valence-corrected chi connectivity index (χ3v) is 4.16. The Morgan fingerprint density at radius 2 is 1.73 bits per heavy atom. The van der Waals surface area contributed by atoms with Crippen LogP contribution in [0.4, 0.5) is 0 Å². The maximum atomic E-state index is 12.5. The fourth-order valence-corrected chi connectivity index (χ4v) is 2.65. The lowest BCUT2D eigenvalue weighted by Gasteiger charge is -2.17. The monoisotopic (exact) mass is 424 g/mol. The van der Waals surface area contributed by atoms with E-state index in [0.29, 0.717) is 12.0 Å². The van der Waals surface area contributed by atoms with Gasteiger partial charge in [-0.15, -0.1) is 0 Å². The van der Waals surface area contributed by atoms with Gasteiger partial charge in [-0.25, -0.2) is 4.79 Å². The zero-order chi connectivity index (χ0) is 22.5.